The fourth-order valence-corrected chi connectivity index (χ4v) is 4.05. The van der Waals surface area contributed by atoms with E-state index in [9.17, 15) is 13.2 Å². The van der Waals surface area contributed by atoms with Gasteiger partial charge < -0.3 is 14.5 Å². The Morgan fingerprint density at radius 1 is 1.33 bits per heavy atom. The Hall–Kier alpha value is -0.740. The van der Waals surface area contributed by atoms with E-state index in [-0.39, 0.29) is 4.21 Å². The monoisotopic (exact) mass is 296 g/mol. The molecule has 0 aliphatic rings. The second-order valence-electron chi connectivity index (χ2n) is 3.68. The van der Waals surface area contributed by atoms with E-state index in [4.69, 9.17) is 9.47 Å². The number of aromatic amines is 1. The van der Waals surface area contributed by atoms with Crippen LogP contribution in [0.4, 0.5) is 0 Å². The lowest BCUT2D eigenvalue weighted by atomic mass is 10.3. The quantitative estimate of drug-likeness (QED) is 0.722. The maximum atomic E-state index is 12.0. The standard InChI is InChI=1S/C9H16N2O5S2/c1-5(7(15-3)16-4)11-18(13,14)8-6(2)10-9(12)17-8/h5,7,11H,1-4H3,(H,10,12). The topological polar surface area (TPSA) is 97.5 Å². The van der Waals surface area contributed by atoms with Crippen molar-refractivity contribution in [1.29, 1.82) is 0 Å². The maximum absolute atomic E-state index is 12.0. The van der Waals surface area contributed by atoms with Gasteiger partial charge in [0.15, 0.2) is 10.5 Å². The number of methoxy groups -OCH3 is 2. The Bertz CT molecular complexity index is 544. The predicted molar refractivity (Wildman–Crippen MR) is 67.3 cm³/mol. The molecule has 0 aliphatic heterocycles. The summed E-state index contributed by atoms with van der Waals surface area (Å²) in [6.45, 7) is 3.14. The number of nitrogens with one attached hydrogen (secondary N) is 2. The van der Waals surface area contributed by atoms with Gasteiger partial charge in [-0.1, -0.05) is 11.3 Å². The van der Waals surface area contributed by atoms with Crippen molar-refractivity contribution in [3.8, 4) is 0 Å². The molecule has 0 aliphatic carbocycles. The van der Waals surface area contributed by atoms with Crippen LogP contribution in [0.5, 0.6) is 0 Å². The number of sulfonamides is 1. The summed E-state index contributed by atoms with van der Waals surface area (Å²) >= 11 is 0.647. The van der Waals surface area contributed by atoms with E-state index >= 15 is 0 Å². The zero-order valence-corrected chi connectivity index (χ0v) is 12.1. The zero-order valence-electron chi connectivity index (χ0n) is 10.5. The van der Waals surface area contributed by atoms with Crippen LogP contribution in [0.3, 0.4) is 0 Å². The van der Waals surface area contributed by atoms with Gasteiger partial charge in [-0.3, -0.25) is 4.79 Å². The first-order valence-electron chi connectivity index (χ1n) is 5.09. The van der Waals surface area contributed by atoms with Crippen molar-refractivity contribution in [2.75, 3.05) is 14.2 Å². The number of ether oxygens (including phenoxy) is 2. The summed E-state index contributed by atoms with van der Waals surface area (Å²) in [5.74, 6) is 0. The molecule has 1 atom stereocenters. The SMILES string of the molecule is COC(OC)C(C)NS(=O)(=O)c1sc(=O)[nH]c1C. The van der Waals surface area contributed by atoms with Crippen LogP contribution in [0.2, 0.25) is 0 Å². The van der Waals surface area contributed by atoms with Gasteiger partial charge in [0.25, 0.3) is 10.0 Å². The Labute approximate surface area is 109 Å². The molecule has 18 heavy (non-hydrogen) atoms. The molecule has 7 nitrogen and oxygen atoms in total. The molecule has 0 fully saturated rings. The van der Waals surface area contributed by atoms with Gasteiger partial charge in [0, 0.05) is 19.9 Å². The molecule has 0 bridgehead atoms. The van der Waals surface area contributed by atoms with E-state index in [1.54, 1.807) is 6.92 Å². The van der Waals surface area contributed by atoms with Gasteiger partial charge in [0.2, 0.25) is 0 Å². The van der Waals surface area contributed by atoms with Crippen LogP contribution in [0.25, 0.3) is 0 Å². The highest BCUT2D eigenvalue weighted by atomic mass is 32.2. The van der Waals surface area contributed by atoms with Crippen LogP contribution in [0.15, 0.2) is 9.00 Å². The van der Waals surface area contributed by atoms with Gasteiger partial charge in [-0.25, -0.2) is 13.1 Å². The van der Waals surface area contributed by atoms with Gasteiger partial charge in [-0.05, 0) is 13.8 Å². The fourth-order valence-electron chi connectivity index (χ4n) is 1.51. The number of aromatic nitrogens is 1. The van der Waals surface area contributed by atoms with Crippen molar-refractivity contribution in [1.82, 2.24) is 9.71 Å². The molecule has 1 rings (SSSR count). The van der Waals surface area contributed by atoms with E-state index in [1.165, 1.54) is 21.1 Å². The molecule has 0 amide bonds. The molecule has 0 aromatic carbocycles. The molecule has 1 aromatic rings. The van der Waals surface area contributed by atoms with Gasteiger partial charge in [-0.2, -0.15) is 0 Å². The Balaban J connectivity index is 2.95. The molecular weight excluding hydrogens is 280 g/mol. The van der Waals surface area contributed by atoms with Crippen molar-refractivity contribution >= 4 is 21.4 Å². The van der Waals surface area contributed by atoms with Crippen molar-refractivity contribution < 1.29 is 17.9 Å². The number of hydrogen-bond donors (Lipinski definition) is 2. The molecule has 0 spiro atoms. The van der Waals surface area contributed by atoms with Crippen molar-refractivity contribution in [3.05, 3.63) is 15.4 Å². The van der Waals surface area contributed by atoms with Crippen molar-refractivity contribution in [2.24, 2.45) is 0 Å². The Kier molecular flexibility index (Phi) is 5.05. The second kappa shape index (κ2) is 5.93. The lowest BCUT2D eigenvalue weighted by Gasteiger charge is -2.21. The molecule has 0 radical (unpaired) electrons. The Morgan fingerprint density at radius 3 is 2.28 bits per heavy atom. The average molecular weight is 296 g/mol. The van der Waals surface area contributed by atoms with E-state index in [0.29, 0.717) is 17.0 Å². The smallest absolute Gasteiger partial charge is 0.305 e. The van der Waals surface area contributed by atoms with E-state index in [2.05, 4.69) is 9.71 Å². The highest BCUT2D eigenvalue weighted by Crippen LogP contribution is 2.16. The predicted octanol–water partition coefficient (Wildman–Crippen LogP) is 0.0305. The van der Waals surface area contributed by atoms with Crippen LogP contribution in [-0.2, 0) is 19.5 Å². The molecule has 9 heteroatoms. The summed E-state index contributed by atoms with van der Waals surface area (Å²) in [5, 5.41) is 0. The van der Waals surface area contributed by atoms with E-state index in [0.717, 1.165) is 0 Å². The number of thiazole rings is 1. The number of aryl methyl sites for hydroxylation is 1. The minimum atomic E-state index is -3.76. The van der Waals surface area contributed by atoms with E-state index in [1.807, 2.05) is 0 Å². The van der Waals surface area contributed by atoms with Crippen LogP contribution >= 0.6 is 11.3 Å². The fraction of sp³-hybridized carbons (Fsp3) is 0.667. The minimum absolute atomic E-state index is 0.0229. The third-order valence-electron chi connectivity index (χ3n) is 2.24. The molecule has 104 valence electrons. The summed E-state index contributed by atoms with van der Waals surface area (Å²) in [7, 11) is -0.926. The molecule has 0 saturated carbocycles. The highest BCUT2D eigenvalue weighted by molar-refractivity contribution is 7.91. The average Bonchev–Trinajstić information content (AvgIpc) is 2.59. The van der Waals surface area contributed by atoms with Gasteiger partial charge in [0.1, 0.15) is 0 Å². The summed E-state index contributed by atoms with van der Waals surface area (Å²) in [6.07, 6.45) is -0.698. The van der Waals surface area contributed by atoms with Crippen LogP contribution < -0.4 is 9.60 Å². The van der Waals surface area contributed by atoms with Crippen molar-refractivity contribution in [2.45, 2.75) is 30.4 Å². The number of hydrogen-bond acceptors (Lipinski definition) is 6. The first-order chi connectivity index (χ1) is 8.31. The lowest BCUT2D eigenvalue weighted by Crippen LogP contribution is -2.42. The minimum Gasteiger partial charge on any atom is -0.354 e. The normalized spacial score (nSPS) is 14.1. The largest absolute Gasteiger partial charge is 0.354 e. The van der Waals surface area contributed by atoms with Crippen LogP contribution in [0, 0.1) is 6.92 Å². The summed E-state index contributed by atoms with van der Waals surface area (Å²) in [5.41, 5.74) is 0.316. The zero-order chi connectivity index (χ0) is 13.9. The Morgan fingerprint density at radius 2 is 1.89 bits per heavy atom. The molecule has 1 heterocycles. The third kappa shape index (κ3) is 3.39. The summed E-state index contributed by atoms with van der Waals surface area (Å²) in [6, 6.07) is -0.582. The molecule has 1 unspecified atom stereocenters. The summed E-state index contributed by atoms with van der Waals surface area (Å²) < 4.78 is 36.4. The van der Waals surface area contributed by atoms with Gasteiger partial charge >= 0.3 is 4.87 Å². The maximum Gasteiger partial charge on any atom is 0.305 e. The lowest BCUT2D eigenvalue weighted by molar-refractivity contribution is -0.115. The van der Waals surface area contributed by atoms with Gasteiger partial charge in [-0.15, -0.1) is 0 Å². The van der Waals surface area contributed by atoms with E-state index < -0.39 is 27.2 Å². The molecular formula is C9H16N2O5S2. The number of rotatable bonds is 6. The molecule has 0 saturated heterocycles. The first-order valence-corrected chi connectivity index (χ1v) is 7.39. The van der Waals surface area contributed by atoms with Crippen LogP contribution in [0.1, 0.15) is 12.6 Å². The molecule has 2 N–H and O–H groups in total. The number of H-pyrrole nitrogens is 1. The van der Waals surface area contributed by atoms with Crippen molar-refractivity contribution in [3.63, 3.8) is 0 Å². The third-order valence-corrected chi connectivity index (χ3v) is 5.40. The summed E-state index contributed by atoms with van der Waals surface area (Å²) in [4.78, 5) is 13.1. The first kappa shape index (κ1) is 15.3. The highest BCUT2D eigenvalue weighted by Gasteiger charge is 2.26. The molecule has 1 aromatic heterocycles. The van der Waals surface area contributed by atoms with Crippen LogP contribution in [-0.4, -0.2) is 40.0 Å². The van der Waals surface area contributed by atoms with Gasteiger partial charge in [0.05, 0.1) is 6.04 Å². The second-order valence-corrected chi connectivity index (χ2v) is 6.57.